The minimum atomic E-state index is 0.561. The van der Waals surface area contributed by atoms with Gasteiger partial charge in [0.25, 0.3) is 0 Å². The van der Waals surface area contributed by atoms with E-state index in [9.17, 15) is 0 Å². The molecule has 3 heterocycles. The third-order valence-corrected chi connectivity index (χ3v) is 5.25. The van der Waals surface area contributed by atoms with Crippen molar-refractivity contribution in [2.24, 2.45) is 11.8 Å². The van der Waals surface area contributed by atoms with E-state index >= 15 is 0 Å². The number of nitrogens with one attached hydrogen (secondary N) is 2. The van der Waals surface area contributed by atoms with Crippen LogP contribution in [-0.2, 0) is 0 Å². The second-order valence-corrected chi connectivity index (χ2v) is 6.77. The second kappa shape index (κ2) is 7.12. The minimum Gasteiger partial charge on any atom is -0.361 e. The fourth-order valence-corrected chi connectivity index (χ4v) is 3.87. The smallest absolute Gasteiger partial charge is 0.170 e. The predicted molar refractivity (Wildman–Crippen MR) is 97.2 cm³/mol. The van der Waals surface area contributed by atoms with Gasteiger partial charge in [0.1, 0.15) is 0 Å². The SMILES string of the molecule is C=CC1CN2CCC1CC2CNC(=S)Nc1ccc(C#N)cc1. The molecule has 0 saturated carbocycles. The number of hydrogen-bond acceptors (Lipinski definition) is 3. The number of piperidine rings is 3. The highest BCUT2D eigenvalue weighted by Gasteiger charge is 2.38. The van der Waals surface area contributed by atoms with Crippen LogP contribution in [0.1, 0.15) is 18.4 Å². The maximum atomic E-state index is 8.81. The third kappa shape index (κ3) is 3.72. The number of nitrogens with zero attached hydrogens (tertiary/aromatic N) is 2. The molecule has 5 heteroatoms. The van der Waals surface area contributed by atoms with Gasteiger partial charge in [-0.05, 0) is 67.7 Å². The summed E-state index contributed by atoms with van der Waals surface area (Å²) in [5.74, 6) is 1.44. The largest absolute Gasteiger partial charge is 0.361 e. The van der Waals surface area contributed by atoms with Gasteiger partial charge in [-0.2, -0.15) is 5.26 Å². The monoisotopic (exact) mass is 326 g/mol. The summed E-state index contributed by atoms with van der Waals surface area (Å²) >= 11 is 5.38. The van der Waals surface area contributed by atoms with Crippen LogP contribution in [0.25, 0.3) is 0 Å². The quantitative estimate of drug-likeness (QED) is 0.658. The second-order valence-electron chi connectivity index (χ2n) is 6.36. The van der Waals surface area contributed by atoms with Crippen molar-refractivity contribution in [2.45, 2.75) is 18.9 Å². The van der Waals surface area contributed by atoms with E-state index in [-0.39, 0.29) is 0 Å². The van der Waals surface area contributed by atoms with E-state index in [4.69, 9.17) is 17.5 Å². The van der Waals surface area contributed by atoms with Crippen molar-refractivity contribution in [3.05, 3.63) is 42.5 Å². The maximum absolute atomic E-state index is 8.81. The van der Waals surface area contributed by atoms with Gasteiger partial charge in [-0.3, -0.25) is 4.90 Å². The van der Waals surface area contributed by atoms with Gasteiger partial charge in [0.05, 0.1) is 11.6 Å². The molecule has 2 N–H and O–H groups in total. The lowest BCUT2D eigenvalue weighted by molar-refractivity contribution is 0.0215. The molecule has 120 valence electrons. The maximum Gasteiger partial charge on any atom is 0.170 e. The van der Waals surface area contributed by atoms with Crippen LogP contribution in [0, 0.1) is 23.2 Å². The van der Waals surface area contributed by atoms with Gasteiger partial charge in [0.15, 0.2) is 5.11 Å². The number of benzene rings is 1. The Bertz CT molecular complexity index is 619. The van der Waals surface area contributed by atoms with E-state index in [1.807, 2.05) is 12.1 Å². The Morgan fingerprint density at radius 2 is 2.22 bits per heavy atom. The van der Waals surface area contributed by atoms with Crippen LogP contribution >= 0.6 is 12.2 Å². The van der Waals surface area contributed by atoms with Crippen LogP contribution in [0.3, 0.4) is 0 Å². The Kier molecular flexibility index (Phi) is 4.94. The van der Waals surface area contributed by atoms with E-state index in [0.717, 1.165) is 24.7 Å². The molecule has 0 amide bonds. The molecule has 0 spiro atoms. The number of rotatable bonds is 4. The van der Waals surface area contributed by atoms with Gasteiger partial charge in [-0.1, -0.05) is 6.08 Å². The summed E-state index contributed by atoms with van der Waals surface area (Å²) in [4.78, 5) is 2.56. The van der Waals surface area contributed by atoms with Crippen molar-refractivity contribution in [2.75, 3.05) is 25.0 Å². The number of nitriles is 1. The number of thiocarbonyl (C=S) groups is 1. The van der Waals surface area contributed by atoms with Gasteiger partial charge in [-0.15, -0.1) is 6.58 Å². The summed E-state index contributed by atoms with van der Waals surface area (Å²) in [6.07, 6.45) is 4.64. The molecule has 3 aliphatic rings. The minimum absolute atomic E-state index is 0.561. The number of anilines is 1. The zero-order chi connectivity index (χ0) is 16.2. The molecular weight excluding hydrogens is 304 g/mol. The molecule has 0 aromatic heterocycles. The van der Waals surface area contributed by atoms with E-state index < -0.39 is 0 Å². The van der Waals surface area contributed by atoms with Crippen molar-refractivity contribution in [3.8, 4) is 6.07 Å². The molecule has 4 nitrogen and oxygen atoms in total. The van der Waals surface area contributed by atoms with Crippen molar-refractivity contribution in [1.29, 1.82) is 5.26 Å². The van der Waals surface area contributed by atoms with E-state index in [1.54, 1.807) is 12.1 Å². The topological polar surface area (TPSA) is 51.1 Å². The summed E-state index contributed by atoms with van der Waals surface area (Å²) in [6, 6.07) is 9.98. The molecule has 0 aliphatic carbocycles. The van der Waals surface area contributed by atoms with Crippen LogP contribution in [0.5, 0.6) is 0 Å². The first-order chi connectivity index (χ1) is 11.2. The Hall–Kier alpha value is -1.90. The third-order valence-electron chi connectivity index (χ3n) is 5.00. The molecule has 3 saturated heterocycles. The standard InChI is InChI=1S/C18H22N4S/c1-2-14-12-22-8-7-15(14)9-17(22)11-20-18(23)21-16-5-3-13(10-19)4-6-16/h2-6,14-15,17H,1,7-9,11-12H2,(H2,20,21,23). The Morgan fingerprint density at radius 3 is 2.83 bits per heavy atom. The summed E-state index contributed by atoms with van der Waals surface area (Å²) < 4.78 is 0. The molecule has 4 atom stereocenters. The summed E-state index contributed by atoms with van der Waals surface area (Å²) in [5, 5.41) is 16.0. The van der Waals surface area contributed by atoms with Gasteiger partial charge < -0.3 is 10.6 Å². The van der Waals surface area contributed by atoms with Crippen LogP contribution in [0.4, 0.5) is 5.69 Å². The average Bonchev–Trinajstić information content (AvgIpc) is 2.61. The van der Waals surface area contributed by atoms with E-state index in [2.05, 4.69) is 34.3 Å². The van der Waals surface area contributed by atoms with Crippen LogP contribution < -0.4 is 10.6 Å². The summed E-state index contributed by atoms with van der Waals surface area (Å²) in [5.41, 5.74) is 1.55. The van der Waals surface area contributed by atoms with Crippen molar-refractivity contribution in [1.82, 2.24) is 10.2 Å². The molecule has 1 aromatic rings. The lowest BCUT2D eigenvalue weighted by Gasteiger charge is -2.49. The molecule has 0 radical (unpaired) electrons. The van der Waals surface area contributed by atoms with Crippen LogP contribution in [-0.4, -0.2) is 35.7 Å². The molecule has 4 unspecified atom stereocenters. The van der Waals surface area contributed by atoms with E-state index in [1.165, 1.54) is 19.4 Å². The number of fused-ring (bicyclic) bond motifs is 3. The van der Waals surface area contributed by atoms with Crippen molar-refractivity contribution in [3.63, 3.8) is 0 Å². The molecule has 3 aliphatic heterocycles. The first kappa shape index (κ1) is 16.0. The lowest BCUT2D eigenvalue weighted by Crippen LogP contribution is -2.56. The molecule has 3 fully saturated rings. The van der Waals surface area contributed by atoms with E-state index in [0.29, 0.717) is 22.6 Å². The highest BCUT2D eigenvalue weighted by molar-refractivity contribution is 7.80. The normalized spacial score (nSPS) is 28.7. The Balaban J connectivity index is 1.48. The average molecular weight is 326 g/mol. The highest BCUT2D eigenvalue weighted by atomic mass is 32.1. The number of hydrogen-bond donors (Lipinski definition) is 2. The van der Waals surface area contributed by atoms with Gasteiger partial charge in [-0.25, -0.2) is 0 Å². The zero-order valence-electron chi connectivity index (χ0n) is 13.2. The highest BCUT2D eigenvalue weighted by Crippen LogP contribution is 2.36. The van der Waals surface area contributed by atoms with Crippen molar-refractivity contribution < 1.29 is 0 Å². The molecule has 4 rings (SSSR count). The zero-order valence-corrected chi connectivity index (χ0v) is 14.0. The fourth-order valence-electron chi connectivity index (χ4n) is 3.67. The molecular formula is C18H22N4S. The molecule has 23 heavy (non-hydrogen) atoms. The van der Waals surface area contributed by atoms with Gasteiger partial charge in [0, 0.05) is 24.8 Å². The van der Waals surface area contributed by atoms with Gasteiger partial charge in [0.2, 0.25) is 0 Å². The summed E-state index contributed by atoms with van der Waals surface area (Å²) in [7, 11) is 0. The molecule has 2 bridgehead atoms. The van der Waals surface area contributed by atoms with Crippen LogP contribution in [0.2, 0.25) is 0 Å². The Morgan fingerprint density at radius 1 is 1.43 bits per heavy atom. The predicted octanol–water partition coefficient (Wildman–Crippen LogP) is 2.74. The fraction of sp³-hybridized carbons (Fsp3) is 0.444. The Labute approximate surface area is 143 Å². The lowest BCUT2D eigenvalue weighted by atomic mass is 9.76. The summed E-state index contributed by atoms with van der Waals surface area (Å²) in [6.45, 7) is 7.17. The van der Waals surface area contributed by atoms with Crippen LogP contribution in [0.15, 0.2) is 36.9 Å². The van der Waals surface area contributed by atoms with Crippen molar-refractivity contribution >= 4 is 23.0 Å². The first-order valence-electron chi connectivity index (χ1n) is 8.11. The van der Waals surface area contributed by atoms with Gasteiger partial charge >= 0.3 is 0 Å². The molecule has 1 aromatic carbocycles. The first-order valence-corrected chi connectivity index (χ1v) is 8.52.